The van der Waals surface area contributed by atoms with Gasteiger partial charge in [0, 0.05) is 21.0 Å². The lowest BCUT2D eigenvalue weighted by Crippen LogP contribution is -2.25. The van der Waals surface area contributed by atoms with Gasteiger partial charge in [0.05, 0.1) is 12.1 Å². The molecule has 4 rings (SSSR count). The summed E-state index contributed by atoms with van der Waals surface area (Å²) in [5.41, 5.74) is 3.45. The standard InChI is InChI=1S/C25H29ClN4O2S/c1-13(2)22-14(3)20-21(16-8-10-17(26)11-9-16)27-18(12-19(31)32-25(5,6)7)23-29-28-15(4)30(23)24(20)33-22/h8-11,13,18H,12H2,1-7H3. The van der Waals surface area contributed by atoms with Crippen LogP contribution < -0.4 is 0 Å². The number of benzene rings is 1. The van der Waals surface area contributed by atoms with E-state index >= 15 is 0 Å². The van der Waals surface area contributed by atoms with Crippen molar-refractivity contribution in [2.24, 2.45) is 4.99 Å². The van der Waals surface area contributed by atoms with Crippen molar-refractivity contribution in [2.45, 2.75) is 72.4 Å². The highest BCUT2D eigenvalue weighted by molar-refractivity contribution is 7.15. The molecule has 0 saturated heterocycles. The molecule has 0 radical (unpaired) electrons. The lowest BCUT2D eigenvalue weighted by Gasteiger charge is -2.21. The summed E-state index contributed by atoms with van der Waals surface area (Å²) in [6, 6.07) is 7.15. The van der Waals surface area contributed by atoms with Crippen molar-refractivity contribution in [3.05, 3.63) is 62.5 Å². The van der Waals surface area contributed by atoms with Crippen LogP contribution in [0.1, 0.15) is 86.2 Å². The van der Waals surface area contributed by atoms with Crippen LogP contribution in [0.4, 0.5) is 0 Å². The molecular formula is C25H29ClN4O2S. The largest absolute Gasteiger partial charge is 0.460 e. The Labute approximate surface area is 203 Å². The smallest absolute Gasteiger partial charge is 0.308 e. The molecule has 174 valence electrons. The molecule has 0 spiro atoms. The van der Waals surface area contributed by atoms with Crippen molar-refractivity contribution in [1.82, 2.24) is 14.8 Å². The number of ether oxygens (including phenoxy) is 1. The van der Waals surface area contributed by atoms with E-state index in [1.165, 1.54) is 10.4 Å². The zero-order valence-electron chi connectivity index (χ0n) is 20.1. The fourth-order valence-corrected chi connectivity index (χ4v) is 5.62. The summed E-state index contributed by atoms with van der Waals surface area (Å²) >= 11 is 7.91. The average Bonchev–Trinajstić information content (AvgIpc) is 3.20. The average molecular weight is 485 g/mol. The van der Waals surface area contributed by atoms with E-state index in [4.69, 9.17) is 21.3 Å². The number of aromatic nitrogens is 3. The summed E-state index contributed by atoms with van der Waals surface area (Å²) in [5.74, 6) is 1.47. The fraction of sp³-hybridized carbons (Fsp3) is 0.440. The number of hydrogen-bond acceptors (Lipinski definition) is 6. The molecule has 1 aromatic carbocycles. The Morgan fingerprint density at radius 2 is 1.85 bits per heavy atom. The van der Waals surface area contributed by atoms with E-state index in [9.17, 15) is 4.79 Å². The maximum Gasteiger partial charge on any atom is 0.308 e. The number of aryl methyl sites for hydroxylation is 1. The minimum atomic E-state index is -0.574. The number of carbonyl (C=O) groups excluding carboxylic acids is 1. The van der Waals surface area contributed by atoms with E-state index < -0.39 is 11.6 Å². The van der Waals surface area contributed by atoms with E-state index in [1.54, 1.807) is 11.3 Å². The van der Waals surface area contributed by atoms with E-state index in [-0.39, 0.29) is 12.4 Å². The molecule has 0 N–H and O–H groups in total. The molecule has 0 bridgehead atoms. The molecule has 1 unspecified atom stereocenters. The minimum absolute atomic E-state index is 0.0809. The number of halogens is 1. The first-order valence-corrected chi connectivity index (χ1v) is 12.3. The molecule has 2 aromatic heterocycles. The Bertz CT molecular complexity index is 1230. The quantitative estimate of drug-likeness (QED) is 0.405. The van der Waals surface area contributed by atoms with Gasteiger partial charge in [-0.1, -0.05) is 37.6 Å². The van der Waals surface area contributed by atoms with Gasteiger partial charge in [0.25, 0.3) is 0 Å². The summed E-state index contributed by atoms with van der Waals surface area (Å²) in [7, 11) is 0. The summed E-state index contributed by atoms with van der Waals surface area (Å²) in [4.78, 5) is 19.2. The second-order valence-corrected chi connectivity index (χ2v) is 11.1. The van der Waals surface area contributed by atoms with Crippen LogP contribution in [0.25, 0.3) is 5.00 Å². The van der Waals surface area contributed by atoms with E-state index in [0.717, 1.165) is 27.7 Å². The zero-order chi connectivity index (χ0) is 24.1. The molecule has 1 aliphatic rings. The normalized spacial score (nSPS) is 15.7. The minimum Gasteiger partial charge on any atom is -0.460 e. The van der Waals surface area contributed by atoms with Crippen molar-refractivity contribution < 1.29 is 9.53 Å². The van der Waals surface area contributed by atoms with Crippen LogP contribution in [0.2, 0.25) is 5.02 Å². The van der Waals surface area contributed by atoms with Crippen molar-refractivity contribution >= 4 is 34.6 Å². The zero-order valence-corrected chi connectivity index (χ0v) is 21.6. The SMILES string of the molecule is Cc1c(C(C)C)sc2c1C(c1ccc(Cl)cc1)=NC(CC(=O)OC(C)(C)C)c1nnc(C)n1-2. The molecule has 1 atom stereocenters. The van der Waals surface area contributed by atoms with Gasteiger partial charge in [-0.25, -0.2) is 0 Å². The number of rotatable bonds is 4. The van der Waals surface area contributed by atoms with Crippen molar-refractivity contribution in [1.29, 1.82) is 0 Å². The van der Waals surface area contributed by atoms with Crippen LogP contribution in [0.3, 0.4) is 0 Å². The Morgan fingerprint density at radius 1 is 1.18 bits per heavy atom. The lowest BCUT2D eigenvalue weighted by atomic mass is 9.97. The number of hydrogen-bond donors (Lipinski definition) is 0. The first kappa shape index (κ1) is 23.6. The topological polar surface area (TPSA) is 69.4 Å². The summed E-state index contributed by atoms with van der Waals surface area (Å²) in [5, 5.41) is 10.5. The molecule has 0 aliphatic carbocycles. The van der Waals surface area contributed by atoms with Gasteiger partial charge in [-0.2, -0.15) is 0 Å². The Hall–Kier alpha value is -2.51. The number of esters is 1. The molecule has 33 heavy (non-hydrogen) atoms. The van der Waals surface area contributed by atoms with Gasteiger partial charge >= 0.3 is 5.97 Å². The summed E-state index contributed by atoms with van der Waals surface area (Å²) in [6.45, 7) is 14.1. The van der Waals surface area contributed by atoms with Crippen LogP contribution in [0.15, 0.2) is 29.3 Å². The molecular weight excluding hydrogens is 456 g/mol. The molecule has 6 nitrogen and oxygen atoms in total. The maximum atomic E-state index is 12.8. The predicted molar refractivity (Wildman–Crippen MR) is 133 cm³/mol. The van der Waals surface area contributed by atoms with Gasteiger partial charge in [0.2, 0.25) is 0 Å². The van der Waals surface area contributed by atoms with E-state index in [2.05, 4.69) is 35.5 Å². The first-order chi connectivity index (χ1) is 15.5. The van der Waals surface area contributed by atoms with Crippen molar-refractivity contribution in [2.75, 3.05) is 0 Å². The van der Waals surface area contributed by atoms with Crippen LogP contribution in [-0.4, -0.2) is 32.0 Å². The van der Waals surface area contributed by atoms with Crippen molar-refractivity contribution in [3.63, 3.8) is 0 Å². The lowest BCUT2D eigenvalue weighted by molar-refractivity contribution is -0.155. The van der Waals surface area contributed by atoms with Crippen LogP contribution in [-0.2, 0) is 9.53 Å². The number of thiophene rings is 1. The first-order valence-electron chi connectivity index (χ1n) is 11.1. The number of nitrogens with zero attached hydrogens (tertiary/aromatic N) is 4. The molecule has 0 saturated carbocycles. The fourth-order valence-electron chi connectivity index (χ4n) is 4.13. The molecule has 3 heterocycles. The van der Waals surface area contributed by atoms with Gasteiger partial charge in [-0.05, 0) is 58.2 Å². The Balaban J connectivity index is 1.94. The van der Waals surface area contributed by atoms with Crippen molar-refractivity contribution in [3.8, 4) is 5.00 Å². The highest BCUT2D eigenvalue weighted by Crippen LogP contribution is 2.42. The third kappa shape index (κ3) is 4.62. The van der Waals surface area contributed by atoms with E-state index in [1.807, 2.05) is 52.0 Å². The molecule has 1 aliphatic heterocycles. The van der Waals surface area contributed by atoms with Crippen LogP contribution >= 0.6 is 22.9 Å². The Morgan fingerprint density at radius 3 is 2.45 bits per heavy atom. The van der Waals surface area contributed by atoms with Crippen LogP contribution in [0, 0.1) is 13.8 Å². The third-order valence-corrected chi connectivity index (χ3v) is 7.29. The van der Waals surface area contributed by atoms with Gasteiger partial charge in [0.1, 0.15) is 22.5 Å². The van der Waals surface area contributed by atoms with Gasteiger partial charge in [-0.3, -0.25) is 14.4 Å². The second-order valence-electron chi connectivity index (χ2n) is 9.66. The number of aliphatic imine (C=N–C) groups is 1. The number of carbonyl (C=O) groups is 1. The highest BCUT2D eigenvalue weighted by atomic mass is 35.5. The molecule has 8 heteroatoms. The molecule has 3 aromatic rings. The maximum absolute atomic E-state index is 12.8. The predicted octanol–water partition coefficient (Wildman–Crippen LogP) is 6.35. The summed E-state index contributed by atoms with van der Waals surface area (Å²) in [6.07, 6.45) is 0.0809. The number of fused-ring (bicyclic) bond motifs is 3. The van der Waals surface area contributed by atoms with Gasteiger partial charge in [0.15, 0.2) is 5.82 Å². The monoisotopic (exact) mass is 484 g/mol. The molecule has 0 amide bonds. The third-order valence-electron chi connectivity index (χ3n) is 5.46. The summed E-state index contributed by atoms with van der Waals surface area (Å²) < 4.78 is 7.67. The highest BCUT2D eigenvalue weighted by Gasteiger charge is 2.34. The van der Waals surface area contributed by atoms with E-state index in [0.29, 0.717) is 16.8 Å². The molecule has 0 fully saturated rings. The Kier molecular flexibility index (Phi) is 6.22. The van der Waals surface area contributed by atoms with Gasteiger partial charge in [-0.15, -0.1) is 21.5 Å². The van der Waals surface area contributed by atoms with Gasteiger partial charge < -0.3 is 4.74 Å². The van der Waals surface area contributed by atoms with Crippen LogP contribution in [0.5, 0.6) is 0 Å². The second kappa shape index (κ2) is 8.69.